The lowest BCUT2D eigenvalue weighted by Gasteiger charge is -2.35. The fraction of sp³-hybridized carbons (Fsp3) is 0.923. The largest absolute Gasteiger partial charge is 0.468 e. The van der Waals surface area contributed by atoms with E-state index >= 15 is 0 Å². The Morgan fingerprint density at radius 2 is 2.12 bits per heavy atom. The van der Waals surface area contributed by atoms with E-state index in [1.54, 1.807) is 0 Å². The van der Waals surface area contributed by atoms with Crippen LogP contribution in [0, 0.1) is 5.92 Å². The first kappa shape index (κ1) is 14.5. The maximum absolute atomic E-state index is 11.4. The van der Waals surface area contributed by atoms with Crippen LogP contribution in [-0.4, -0.2) is 36.4 Å². The minimum Gasteiger partial charge on any atom is -0.468 e. The van der Waals surface area contributed by atoms with Crippen LogP contribution in [0.2, 0.25) is 0 Å². The third-order valence-electron chi connectivity index (χ3n) is 3.78. The van der Waals surface area contributed by atoms with Crippen molar-refractivity contribution in [1.82, 2.24) is 5.32 Å². The molecule has 2 N–H and O–H groups in total. The molecule has 1 fully saturated rings. The molecule has 1 unspecified atom stereocenters. The fourth-order valence-corrected chi connectivity index (χ4v) is 2.33. The molecule has 100 valence electrons. The van der Waals surface area contributed by atoms with Crippen molar-refractivity contribution in [2.24, 2.45) is 5.92 Å². The molecule has 0 aromatic rings. The third-order valence-corrected chi connectivity index (χ3v) is 3.78. The van der Waals surface area contributed by atoms with Crippen molar-refractivity contribution < 1.29 is 14.6 Å². The molecule has 0 saturated heterocycles. The summed E-state index contributed by atoms with van der Waals surface area (Å²) in [5.74, 6) is 0.457. The van der Waals surface area contributed by atoms with E-state index < -0.39 is 5.60 Å². The van der Waals surface area contributed by atoms with Crippen molar-refractivity contribution in [3.05, 3.63) is 0 Å². The third kappa shape index (κ3) is 4.28. The summed E-state index contributed by atoms with van der Waals surface area (Å²) in [4.78, 5) is 11.4. The van der Waals surface area contributed by atoms with Crippen LogP contribution in [0.25, 0.3) is 0 Å². The van der Waals surface area contributed by atoms with Gasteiger partial charge in [-0.2, -0.15) is 0 Å². The summed E-state index contributed by atoms with van der Waals surface area (Å²) in [5, 5.41) is 13.5. The zero-order valence-electron chi connectivity index (χ0n) is 11.2. The quantitative estimate of drug-likeness (QED) is 0.718. The highest BCUT2D eigenvalue weighted by Gasteiger charge is 2.32. The predicted molar refractivity (Wildman–Crippen MR) is 66.7 cm³/mol. The first-order valence-corrected chi connectivity index (χ1v) is 6.54. The fourth-order valence-electron chi connectivity index (χ4n) is 2.33. The topological polar surface area (TPSA) is 58.6 Å². The Labute approximate surface area is 104 Å². The van der Waals surface area contributed by atoms with Gasteiger partial charge >= 0.3 is 5.97 Å². The minimum atomic E-state index is -0.645. The predicted octanol–water partition coefficient (Wildman–Crippen LogP) is 1.47. The van der Waals surface area contributed by atoms with E-state index in [1.165, 1.54) is 7.11 Å². The summed E-state index contributed by atoms with van der Waals surface area (Å²) in [5.41, 5.74) is -0.645. The van der Waals surface area contributed by atoms with Gasteiger partial charge in [0.1, 0.15) is 6.04 Å². The van der Waals surface area contributed by atoms with Gasteiger partial charge in [-0.25, -0.2) is 0 Å². The van der Waals surface area contributed by atoms with E-state index in [9.17, 15) is 9.90 Å². The van der Waals surface area contributed by atoms with Crippen LogP contribution in [0.15, 0.2) is 0 Å². The van der Waals surface area contributed by atoms with Gasteiger partial charge in [0, 0.05) is 6.54 Å². The van der Waals surface area contributed by atoms with Gasteiger partial charge in [-0.15, -0.1) is 0 Å². The highest BCUT2D eigenvalue weighted by Crippen LogP contribution is 2.31. The second kappa shape index (κ2) is 6.36. The lowest BCUT2D eigenvalue weighted by molar-refractivity contribution is -0.143. The molecule has 0 radical (unpaired) electrons. The monoisotopic (exact) mass is 243 g/mol. The van der Waals surface area contributed by atoms with E-state index in [0.29, 0.717) is 18.9 Å². The maximum atomic E-state index is 11.4. The van der Waals surface area contributed by atoms with Crippen molar-refractivity contribution >= 4 is 5.97 Å². The second-order valence-electron chi connectivity index (χ2n) is 5.27. The number of aliphatic hydroxyl groups is 1. The van der Waals surface area contributed by atoms with Gasteiger partial charge in [-0.05, 0) is 38.0 Å². The lowest BCUT2D eigenvalue weighted by Crippen LogP contribution is -2.48. The molecule has 0 aliphatic heterocycles. The summed E-state index contributed by atoms with van der Waals surface area (Å²) in [6, 6.07) is -0.302. The van der Waals surface area contributed by atoms with Crippen molar-refractivity contribution in [2.75, 3.05) is 13.7 Å². The molecule has 4 nitrogen and oxygen atoms in total. The molecule has 1 rings (SSSR count). The van der Waals surface area contributed by atoms with Gasteiger partial charge in [0.2, 0.25) is 0 Å². The molecule has 0 bridgehead atoms. The highest BCUT2D eigenvalue weighted by atomic mass is 16.5. The Hall–Kier alpha value is -0.610. The lowest BCUT2D eigenvalue weighted by atomic mass is 9.79. The molecule has 0 spiro atoms. The Balaban J connectivity index is 2.40. The Morgan fingerprint density at radius 3 is 2.59 bits per heavy atom. The van der Waals surface area contributed by atoms with Crippen LogP contribution >= 0.6 is 0 Å². The van der Waals surface area contributed by atoms with E-state index in [2.05, 4.69) is 12.2 Å². The number of rotatable bonds is 5. The van der Waals surface area contributed by atoms with Crippen LogP contribution in [0.5, 0.6) is 0 Å². The van der Waals surface area contributed by atoms with Crippen LogP contribution in [0.1, 0.15) is 46.0 Å². The van der Waals surface area contributed by atoms with E-state index in [1.807, 2.05) is 6.92 Å². The number of hydrogen-bond acceptors (Lipinski definition) is 4. The minimum absolute atomic E-state index is 0.250. The summed E-state index contributed by atoms with van der Waals surface area (Å²) in [7, 11) is 1.39. The normalized spacial score (nSPS) is 30.9. The highest BCUT2D eigenvalue weighted by molar-refractivity contribution is 5.75. The molecule has 1 saturated carbocycles. The summed E-state index contributed by atoms with van der Waals surface area (Å²) in [6.45, 7) is 4.63. The van der Waals surface area contributed by atoms with Gasteiger partial charge in [-0.3, -0.25) is 4.79 Å². The molecular formula is C13H25NO3. The number of methoxy groups -OCH3 is 1. The second-order valence-corrected chi connectivity index (χ2v) is 5.27. The van der Waals surface area contributed by atoms with Gasteiger partial charge < -0.3 is 15.2 Å². The number of ether oxygens (including phenoxy) is 1. The number of carbonyl (C=O) groups is 1. The van der Waals surface area contributed by atoms with Crippen LogP contribution < -0.4 is 5.32 Å². The standard InChI is InChI=1S/C13H25NO3/c1-4-11(12(15)17-3)14-9-13(16)7-5-10(2)6-8-13/h10-11,14,16H,4-9H2,1-3H3. The van der Waals surface area contributed by atoms with E-state index in [-0.39, 0.29) is 12.0 Å². The van der Waals surface area contributed by atoms with Gasteiger partial charge in [0.15, 0.2) is 0 Å². The number of carbonyl (C=O) groups excluding carboxylic acids is 1. The molecule has 0 aromatic heterocycles. The molecular weight excluding hydrogens is 218 g/mol. The van der Waals surface area contributed by atoms with Crippen LogP contribution in [0.4, 0.5) is 0 Å². The molecule has 1 aliphatic rings. The van der Waals surface area contributed by atoms with Crippen molar-refractivity contribution in [3.63, 3.8) is 0 Å². The van der Waals surface area contributed by atoms with Crippen LogP contribution in [0.3, 0.4) is 0 Å². The first-order chi connectivity index (χ1) is 8.00. The molecule has 0 aromatic carbocycles. The van der Waals surface area contributed by atoms with E-state index in [4.69, 9.17) is 4.74 Å². The Bertz CT molecular complexity index is 247. The summed E-state index contributed by atoms with van der Waals surface area (Å²) >= 11 is 0. The molecule has 0 heterocycles. The van der Waals surface area contributed by atoms with E-state index in [0.717, 1.165) is 25.7 Å². The van der Waals surface area contributed by atoms with Crippen molar-refractivity contribution in [2.45, 2.75) is 57.6 Å². The molecule has 4 heteroatoms. The summed E-state index contributed by atoms with van der Waals surface area (Å²) in [6.07, 6.45) is 4.44. The maximum Gasteiger partial charge on any atom is 0.322 e. The average molecular weight is 243 g/mol. The number of hydrogen-bond donors (Lipinski definition) is 2. The van der Waals surface area contributed by atoms with Crippen molar-refractivity contribution in [3.8, 4) is 0 Å². The first-order valence-electron chi connectivity index (χ1n) is 6.54. The molecule has 1 atom stereocenters. The SMILES string of the molecule is CCC(NCC1(O)CCC(C)CC1)C(=O)OC. The van der Waals surface area contributed by atoms with Gasteiger partial charge in [0.25, 0.3) is 0 Å². The zero-order valence-corrected chi connectivity index (χ0v) is 11.2. The van der Waals surface area contributed by atoms with Crippen LogP contribution in [-0.2, 0) is 9.53 Å². The Kier molecular flexibility index (Phi) is 5.40. The molecule has 1 aliphatic carbocycles. The van der Waals surface area contributed by atoms with Crippen molar-refractivity contribution in [1.29, 1.82) is 0 Å². The number of nitrogens with one attached hydrogen (secondary N) is 1. The zero-order chi connectivity index (χ0) is 12.9. The molecule has 0 amide bonds. The van der Waals surface area contributed by atoms with Gasteiger partial charge in [-0.1, -0.05) is 13.8 Å². The number of esters is 1. The molecule has 17 heavy (non-hydrogen) atoms. The Morgan fingerprint density at radius 1 is 1.53 bits per heavy atom. The summed E-state index contributed by atoms with van der Waals surface area (Å²) < 4.78 is 4.71. The average Bonchev–Trinajstić information content (AvgIpc) is 2.34. The van der Waals surface area contributed by atoms with Gasteiger partial charge in [0.05, 0.1) is 12.7 Å². The smallest absolute Gasteiger partial charge is 0.322 e.